The van der Waals surface area contributed by atoms with Crippen molar-refractivity contribution in [2.75, 3.05) is 23.3 Å². The lowest BCUT2D eigenvalue weighted by molar-refractivity contribution is 0.568. The van der Waals surface area contributed by atoms with Crippen LogP contribution in [0.5, 0.6) is 0 Å². The number of aryl methyl sites for hydroxylation is 1. The number of aromatic nitrogens is 2. The Balaban J connectivity index is 2.17. The molecule has 0 unspecified atom stereocenters. The largest absolute Gasteiger partial charge is 0.370 e. The standard InChI is InChI=1S/C17H30N4/c1-5-10-18-16-12-17(20-15(6-2)19-16)21(14-7-8-14)11-9-13(3)4/h12-14H,5-11H2,1-4H3,(H,18,19,20). The molecule has 0 aromatic carbocycles. The van der Waals surface area contributed by atoms with Gasteiger partial charge in [-0.1, -0.05) is 27.7 Å². The SMILES string of the molecule is CCCNc1cc(N(CCC(C)C)C2CC2)nc(CC)n1. The van der Waals surface area contributed by atoms with E-state index in [-0.39, 0.29) is 0 Å². The van der Waals surface area contributed by atoms with Crippen molar-refractivity contribution in [2.24, 2.45) is 5.92 Å². The van der Waals surface area contributed by atoms with E-state index in [1.54, 1.807) is 0 Å². The van der Waals surface area contributed by atoms with Gasteiger partial charge in [-0.05, 0) is 31.6 Å². The van der Waals surface area contributed by atoms with Crippen LogP contribution in [0.1, 0.15) is 59.2 Å². The second-order valence-electron chi connectivity index (χ2n) is 6.42. The van der Waals surface area contributed by atoms with Crippen LogP contribution in [0.2, 0.25) is 0 Å². The third kappa shape index (κ3) is 4.87. The fraction of sp³-hybridized carbons (Fsp3) is 0.765. The molecule has 0 saturated heterocycles. The average molecular weight is 290 g/mol. The van der Waals surface area contributed by atoms with E-state index in [0.717, 1.165) is 49.3 Å². The third-order valence-corrected chi connectivity index (χ3v) is 3.86. The smallest absolute Gasteiger partial charge is 0.134 e. The summed E-state index contributed by atoms with van der Waals surface area (Å²) in [7, 11) is 0. The molecular formula is C17H30N4. The van der Waals surface area contributed by atoms with Gasteiger partial charge in [0.25, 0.3) is 0 Å². The summed E-state index contributed by atoms with van der Waals surface area (Å²) in [6.45, 7) is 10.9. The van der Waals surface area contributed by atoms with Gasteiger partial charge >= 0.3 is 0 Å². The highest BCUT2D eigenvalue weighted by molar-refractivity contribution is 5.51. The Kier molecular flexibility index (Phi) is 5.83. The van der Waals surface area contributed by atoms with Crippen molar-refractivity contribution in [1.82, 2.24) is 9.97 Å². The van der Waals surface area contributed by atoms with Crippen molar-refractivity contribution in [2.45, 2.75) is 65.8 Å². The zero-order valence-electron chi connectivity index (χ0n) is 14.0. The number of nitrogens with one attached hydrogen (secondary N) is 1. The van der Waals surface area contributed by atoms with E-state index in [0.29, 0.717) is 6.04 Å². The Morgan fingerprint density at radius 3 is 2.62 bits per heavy atom. The first-order valence-electron chi connectivity index (χ1n) is 8.52. The number of hydrogen-bond acceptors (Lipinski definition) is 4. The van der Waals surface area contributed by atoms with Gasteiger partial charge in [-0.2, -0.15) is 0 Å². The van der Waals surface area contributed by atoms with Crippen molar-refractivity contribution in [3.8, 4) is 0 Å². The van der Waals surface area contributed by atoms with Crippen molar-refractivity contribution < 1.29 is 0 Å². The number of rotatable bonds is 9. The van der Waals surface area contributed by atoms with E-state index in [2.05, 4.69) is 49.0 Å². The van der Waals surface area contributed by atoms with Crippen LogP contribution in [0.15, 0.2) is 6.07 Å². The molecular weight excluding hydrogens is 260 g/mol. The van der Waals surface area contributed by atoms with E-state index in [4.69, 9.17) is 4.98 Å². The molecule has 1 saturated carbocycles. The third-order valence-electron chi connectivity index (χ3n) is 3.86. The van der Waals surface area contributed by atoms with E-state index < -0.39 is 0 Å². The lowest BCUT2D eigenvalue weighted by atomic mass is 10.1. The normalized spacial score (nSPS) is 14.5. The molecule has 0 aliphatic heterocycles. The highest BCUT2D eigenvalue weighted by Gasteiger charge is 2.30. The van der Waals surface area contributed by atoms with Crippen LogP contribution < -0.4 is 10.2 Å². The van der Waals surface area contributed by atoms with Crippen molar-refractivity contribution >= 4 is 11.6 Å². The van der Waals surface area contributed by atoms with Crippen LogP contribution in [0.25, 0.3) is 0 Å². The van der Waals surface area contributed by atoms with Crippen LogP contribution in [-0.2, 0) is 6.42 Å². The Morgan fingerprint density at radius 1 is 1.29 bits per heavy atom. The second kappa shape index (κ2) is 7.62. The Hall–Kier alpha value is -1.32. The molecule has 4 heteroatoms. The van der Waals surface area contributed by atoms with E-state index in [9.17, 15) is 0 Å². The summed E-state index contributed by atoms with van der Waals surface area (Å²) in [6.07, 6.45) is 5.83. The van der Waals surface area contributed by atoms with Gasteiger partial charge in [-0.15, -0.1) is 0 Å². The first kappa shape index (κ1) is 16.1. The molecule has 0 atom stereocenters. The van der Waals surface area contributed by atoms with E-state index in [1.807, 2.05) is 0 Å². The summed E-state index contributed by atoms with van der Waals surface area (Å²) in [4.78, 5) is 11.9. The molecule has 1 aromatic heterocycles. The molecule has 1 fully saturated rings. The first-order valence-corrected chi connectivity index (χ1v) is 8.52. The lowest BCUT2D eigenvalue weighted by Crippen LogP contribution is -2.29. The summed E-state index contributed by atoms with van der Waals surface area (Å²) >= 11 is 0. The topological polar surface area (TPSA) is 41.0 Å². The maximum Gasteiger partial charge on any atom is 0.134 e. The highest BCUT2D eigenvalue weighted by Crippen LogP contribution is 2.32. The minimum Gasteiger partial charge on any atom is -0.370 e. The summed E-state index contributed by atoms with van der Waals surface area (Å²) in [5, 5.41) is 3.41. The fourth-order valence-corrected chi connectivity index (χ4v) is 2.40. The van der Waals surface area contributed by atoms with Crippen LogP contribution in [0.4, 0.5) is 11.6 Å². The van der Waals surface area contributed by atoms with Gasteiger partial charge in [0.2, 0.25) is 0 Å². The molecule has 2 rings (SSSR count). The molecule has 4 nitrogen and oxygen atoms in total. The lowest BCUT2D eigenvalue weighted by Gasteiger charge is -2.25. The van der Waals surface area contributed by atoms with Gasteiger partial charge in [0.05, 0.1) is 0 Å². The van der Waals surface area contributed by atoms with E-state index >= 15 is 0 Å². The molecule has 0 bridgehead atoms. The summed E-state index contributed by atoms with van der Waals surface area (Å²) in [6, 6.07) is 2.83. The van der Waals surface area contributed by atoms with Gasteiger partial charge < -0.3 is 10.2 Å². The Bertz CT molecular complexity index is 440. The quantitative estimate of drug-likeness (QED) is 0.749. The molecule has 1 aromatic rings. The second-order valence-corrected chi connectivity index (χ2v) is 6.42. The summed E-state index contributed by atoms with van der Waals surface area (Å²) < 4.78 is 0. The van der Waals surface area contributed by atoms with Gasteiger partial charge in [-0.25, -0.2) is 9.97 Å². The summed E-state index contributed by atoms with van der Waals surface area (Å²) in [5.41, 5.74) is 0. The molecule has 118 valence electrons. The predicted molar refractivity (Wildman–Crippen MR) is 90.0 cm³/mol. The molecule has 1 aliphatic rings. The predicted octanol–water partition coefficient (Wildman–Crippen LogP) is 3.88. The van der Waals surface area contributed by atoms with Gasteiger partial charge in [0, 0.05) is 31.6 Å². The minimum atomic E-state index is 0.697. The fourth-order valence-electron chi connectivity index (χ4n) is 2.40. The van der Waals surface area contributed by atoms with Crippen LogP contribution in [0.3, 0.4) is 0 Å². The van der Waals surface area contributed by atoms with Crippen molar-refractivity contribution in [3.63, 3.8) is 0 Å². The maximum atomic E-state index is 4.77. The monoisotopic (exact) mass is 290 g/mol. The Morgan fingerprint density at radius 2 is 2.05 bits per heavy atom. The first-order chi connectivity index (χ1) is 10.1. The van der Waals surface area contributed by atoms with Crippen molar-refractivity contribution in [1.29, 1.82) is 0 Å². The molecule has 0 spiro atoms. The number of anilines is 2. The van der Waals surface area contributed by atoms with Gasteiger partial charge in [0.1, 0.15) is 17.5 Å². The molecule has 1 heterocycles. The molecule has 1 aliphatic carbocycles. The van der Waals surface area contributed by atoms with Crippen molar-refractivity contribution in [3.05, 3.63) is 11.9 Å². The number of nitrogens with zero attached hydrogens (tertiary/aromatic N) is 3. The Labute approximate surface area is 129 Å². The summed E-state index contributed by atoms with van der Waals surface area (Å²) in [5.74, 6) is 3.77. The zero-order valence-corrected chi connectivity index (χ0v) is 14.0. The molecule has 0 radical (unpaired) electrons. The number of hydrogen-bond donors (Lipinski definition) is 1. The zero-order chi connectivity index (χ0) is 15.2. The van der Waals surface area contributed by atoms with Gasteiger partial charge in [-0.3, -0.25) is 0 Å². The molecule has 1 N–H and O–H groups in total. The minimum absolute atomic E-state index is 0.697. The van der Waals surface area contributed by atoms with Crippen LogP contribution in [0, 0.1) is 5.92 Å². The highest BCUT2D eigenvalue weighted by atomic mass is 15.2. The van der Waals surface area contributed by atoms with E-state index in [1.165, 1.54) is 19.3 Å². The molecule has 21 heavy (non-hydrogen) atoms. The molecule has 0 amide bonds. The average Bonchev–Trinajstić information content (AvgIpc) is 3.29. The van der Waals surface area contributed by atoms with Gasteiger partial charge in [0.15, 0.2) is 0 Å². The van der Waals surface area contributed by atoms with Crippen LogP contribution in [-0.4, -0.2) is 29.1 Å². The maximum absolute atomic E-state index is 4.77. The van der Waals surface area contributed by atoms with Crippen LogP contribution >= 0.6 is 0 Å².